The second-order valence-electron chi connectivity index (χ2n) is 7.50. The molecular weight excluding hydrogens is 358 g/mol. The van der Waals surface area contributed by atoms with Crippen molar-refractivity contribution >= 4 is 29.2 Å². The number of amides is 2. The Morgan fingerprint density at radius 3 is 2.79 bits per heavy atom. The molecule has 8 heteroatoms. The van der Waals surface area contributed by atoms with E-state index in [1.165, 1.54) is 0 Å². The van der Waals surface area contributed by atoms with Crippen molar-refractivity contribution in [1.82, 2.24) is 15.1 Å². The lowest BCUT2D eigenvalue weighted by Crippen LogP contribution is -2.39. The van der Waals surface area contributed by atoms with Crippen LogP contribution in [0.4, 0.5) is 16.3 Å². The number of carbonyl (C=O) groups excluding carboxylic acids is 2. The number of hydrogen-bond acceptors (Lipinski definition) is 5. The van der Waals surface area contributed by atoms with Gasteiger partial charge in [-0.3, -0.25) is 9.69 Å². The highest BCUT2D eigenvalue weighted by Gasteiger charge is 2.25. The van der Waals surface area contributed by atoms with Gasteiger partial charge < -0.3 is 15.8 Å². The van der Waals surface area contributed by atoms with E-state index in [0.717, 1.165) is 11.3 Å². The van der Waals surface area contributed by atoms with E-state index in [9.17, 15) is 9.59 Å². The van der Waals surface area contributed by atoms with Gasteiger partial charge >= 0.3 is 6.09 Å². The Balaban J connectivity index is 1.65. The van der Waals surface area contributed by atoms with Crippen LogP contribution in [-0.4, -0.2) is 40.5 Å². The normalized spacial score (nSPS) is 13.5. The fourth-order valence-corrected chi connectivity index (χ4v) is 2.93. The van der Waals surface area contributed by atoms with E-state index in [-0.39, 0.29) is 18.9 Å². The molecule has 148 valence electrons. The van der Waals surface area contributed by atoms with Gasteiger partial charge in [0.1, 0.15) is 11.4 Å². The number of rotatable bonds is 4. The van der Waals surface area contributed by atoms with Crippen LogP contribution in [0.1, 0.15) is 32.8 Å². The summed E-state index contributed by atoms with van der Waals surface area (Å²) in [6.07, 6.45) is 3.22. The number of nitrogens with zero attached hydrogens (tertiary/aromatic N) is 3. The average molecular weight is 383 g/mol. The van der Waals surface area contributed by atoms with Crippen molar-refractivity contribution in [3.63, 3.8) is 0 Å². The minimum Gasteiger partial charge on any atom is -0.444 e. The molecule has 0 saturated heterocycles. The molecule has 0 atom stereocenters. The summed E-state index contributed by atoms with van der Waals surface area (Å²) in [6, 6.07) is 9.33. The van der Waals surface area contributed by atoms with Crippen molar-refractivity contribution in [2.24, 2.45) is 0 Å². The summed E-state index contributed by atoms with van der Waals surface area (Å²) in [5, 5.41) is 6.96. The van der Waals surface area contributed by atoms with Crippen molar-refractivity contribution < 1.29 is 14.3 Å². The largest absolute Gasteiger partial charge is 0.444 e. The molecule has 1 aromatic carbocycles. The third kappa shape index (κ3) is 4.51. The topological polar surface area (TPSA) is 102 Å². The highest BCUT2D eigenvalue weighted by molar-refractivity contribution is 5.95. The minimum absolute atomic E-state index is 0.110. The van der Waals surface area contributed by atoms with Crippen LogP contribution in [0.3, 0.4) is 0 Å². The number of nitrogen functional groups attached to an aromatic ring is 1. The smallest absolute Gasteiger partial charge is 0.407 e. The molecule has 1 aliphatic heterocycles. The molecule has 0 radical (unpaired) electrons. The molecular formula is C20H25N5O3. The number of alkyl carbamates (subject to hydrolysis) is 1. The van der Waals surface area contributed by atoms with Crippen molar-refractivity contribution in [2.75, 3.05) is 23.7 Å². The number of aromatic nitrogens is 2. The van der Waals surface area contributed by atoms with Crippen molar-refractivity contribution in [3.8, 4) is 0 Å². The van der Waals surface area contributed by atoms with Crippen LogP contribution >= 0.6 is 0 Å². The third-order valence-corrected chi connectivity index (χ3v) is 4.09. The van der Waals surface area contributed by atoms with Crippen LogP contribution in [-0.2, 0) is 9.53 Å². The van der Waals surface area contributed by atoms with E-state index in [0.29, 0.717) is 18.1 Å². The summed E-state index contributed by atoms with van der Waals surface area (Å²) in [4.78, 5) is 26.0. The Morgan fingerprint density at radius 1 is 1.29 bits per heavy atom. The van der Waals surface area contributed by atoms with E-state index in [1.807, 2.05) is 30.3 Å². The molecule has 3 N–H and O–H groups in total. The van der Waals surface area contributed by atoms with Crippen LogP contribution in [0.2, 0.25) is 0 Å². The second-order valence-corrected chi connectivity index (χ2v) is 7.50. The second kappa shape index (κ2) is 7.75. The van der Waals surface area contributed by atoms with Gasteiger partial charge in [0.05, 0.1) is 11.9 Å². The molecule has 2 aromatic rings. The number of ether oxygens (including phenoxy) is 1. The molecule has 0 fully saturated rings. The molecule has 1 aromatic heterocycles. The Labute approximate surface area is 164 Å². The zero-order valence-electron chi connectivity index (χ0n) is 16.3. The third-order valence-electron chi connectivity index (χ3n) is 4.09. The Hall–Kier alpha value is -3.29. The molecule has 0 unspecified atom stereocenters. The predicted molar refractivity (Wildman–Crippen MR) is 108 cm³/mol. The maximum absolute atomic E-state index is 12.7. The number of hydrogen-bond donors (Lipinski definition) is 2. The monoisotopic (exact) mass is 383 g/mol. The lowest BCUT2D eigenvalue weighted by Gasteiger charge is -2.28. The summed E-state index contributed by atoms with van der Waals surface area (Å²) in [5.41, 5.74) is 7.79. The van der Waals surface area contributed by atoms with Gasteiger partial charge in [-0.05, 0) is 39.0 Å². The van der Waals surface area contributed by atoms with Crippen LogP contribution in [0.5, 0.6) is 0 Å². The van der Waals surface area contributed by atoms with Gasteiger partial charge in [0.15, 0.2) is 0 Å². The summed E-state index contributed by atoms with van der Waals surface area (Å²) in [5.74, 6) is 0.572. The first-order valence-corrected chi connectivity index (χ1v) is 9.12. The summed E-state index contributed by atoms with van der Waals surface area (Å²) < 4.78 is 6.89. The van der Waals surface area contributed by atoms with Crippen LogP contribution < -0.4 is 16.0 Å². The number of fused-ring (bicyclic) bond motifs is 1. The minimum atomic E-state index is -0.574. The van der Waals surface area contributed by atoms with Gasteiger partial charge in [-0.2, -0.15) is 5.10 Å². The molecule has 2 amide bonds. The van der Waals surface area contributed by atoms with E-state index >= 15 is 0 Å². The molecule has 1 aliphatic rings. The highest BCUT2D eigenvalue weighted by Crippen LogP contribution is 2.28. The fourth-order valence-electron chi connectivity index (χ4n) is 2.93. The molecule has 3 rings (SSSR count). The van der Waals surface area contributed by atoms with Crippen LogP contribution in [0.25, 0.3) is 5.70 Å². The number of anilines is 2. The zero-order valence-corrected chi connectivity index (χ0v) is 16.3. The van der Waals surface area contributed by atoms with Gasteiger partial charge in [-0.25, -0.2) is 9.48 Å². The molecule has 0 spiro atoms. The van der Waals surface area contributed by atoms with Crippen molar-refractivity contribution in [2.45, 2.75) is 32.8 Å². The Morgan fingerprint density at radius 2 is 2.07 bits per heavy atom. The molecule has 0 saturated carbocycles. The average Bonchev–Trinajstić information content (AvgIpc) is 3.08. The first-order chi connectivity index (χ1) is 13.2. The summed E-state index contributed by atoms with van der Waals surface area (Å²) in [7, 11) is 0. The van der Waals surface area contributed by atoms with Gasteiger partial charge in [-0.15, -0.1) is 0 Å². The molecule has 2 heterocycles. The van der Waals surface area contributed by atoms with Gasteiger partial charge in [-0.1, -0.05) is 12.1 Å². The predicted octanol–water partition coefficient (Wildman–Crippen LogP) is 2.62. The van der Waals surface area contributed by atoms with Gasteiger partial charge in [0, 0.05) is 36.8 Å². The Kier molecular flexibility index (Phi) is 5.39. The van der Waals surface area contributed by atoms with Gasteiger partial charge in [0.25, 0.3) is 0 Å². The zero-order chi connectivity index (χ0) is 20.3. The molecule has 28 heavy (non-hydrogen) atoms. The summed E-state index contributed by atoms with van der Waals surface area (Å²) >= 11 is 0. The first-order valence-electron chi connectivity index (χ1n) is 9.12. The first kappa shape index (κ1) is 19.5. The number of nitrogens with two attached hydrogens (primary N) is 1. The molecule has 0 bridgehead atoms. The quantitative estimate of drug-likeness (QED) is 0.790. The van der Waals surface area contributed by atoms with E-state index < -0.39 is 11.7 Å². The van der Waals surface area contributed by atoms with E-state index in [4.69, 9.17) is 10.5 Å². The van der Waals surface area contributed by atoms with E-state index in [1.54, 1.807) is 42.6 Å². The Bertz CT molecular complexity index is 911. The number of nitrogens with one attached hydrogen (secondary N) is 1. The van der Waals surface area contributed by atoms with Crippen molar-refractivity contribution in [3.05, 3.63) is 48.2 Å². The molecule has 8 nitrogen and oxygen atoms in total. The number of benzene rings is 1. The van der Waals surface area contributed by atoms with Crippen LogP contribution in [0, 0.1) is 0 Å². The van der Waals surface area contributed by atoms with Crippen LogP contribution in [0.15, 0.2) is 42.6 Å². The lowest BCUT2D eigenvalue weighted by atomic mass is 10.1. The standard InChI is InChI=1S/C20H25N5O3/c1-20(2,3)28-19(27)22-10-8-18(26)24-12-9-16(25-17(24)7-11-23-25)14-5-4-6-15(21)13-14/h4-7,9,11,13H,8,10,12,21H2,1-3H3,(H,22,27). The maximum Gasteiger partial charge on any atom is 0.407 e. The SMILES string of the molecule is CC(C)(C)OC(=O)NCCC(=O)N1CC=C(c2cccc(N)c2)n2nccc21. The van der Waals surface area contributed by atoms with E-state index in [2.05, 4.69) is 10.4 Å². The highest BCUT2D eigenvalue weighted by atomic mass is 16.6. The number of carbonyl (C=O) groups is 2. The summed E-state index contributed by atoms with van der Waals surface area (Å²) in [6.45, 7) is 5.98. The van der Waals surface area contributed by atoms with Gasteiger partial charge in [0.2, 0.25) is 5.91 Å². The fraction of sp³-hybridized carbons (Fsp3) is 0.350. The lowest BCUT2D eigenvalue weighted by molar-refractivity contribution is -0.118. The van der Waals surface area contributed by atoms with Crippen molar-refractivity contribution in [1.29, 1.82) is 0 Å². The maximum atomic E-state index is 12.7. The molecule has 0 aliphatic carbocycles.